The van der Waals surface area contributed by atoms with Crippen LogP contribution in [0.1, 0.15) is 37.9 Å². The van der Waals surface area contributed by atoms with Crippen LogP contribution in [0.15, 0.2) is 5.38 Å². The number of aryl methyl sites for hydroxylation is 1. The minimum absolute atomic E-state index is 0.236. The van der Waals surface area contributed by atoms with Crippen LogP contribution in [0.4, 0.5) is 0 Å². The third-order valence-corrected chi connectivity index (χ3v) is 4.27. The van der Waals surface area contributed by atoms with Crippen LogP contribution < -0.4 is 5.32 Å². The van der Waals surface area contributed by atoms with Gasteiger partial charge in [0, 0.05) is 31.0 Å². The smallest absolute Gasteiger partial charge is 0.0897 e. The van der Waals surface area contributed by atoms with Crippen molar-refractivity contribution in [2.75, 3.05) is 13.2 Å². The number of ether oxygens (including phenoxy) is 1. The summed E-state index contributed by atoms with van der Waals surface area (Å²) >= 11 is 1.72. The molecule has 4 heteroatoms. The maximum Gasteiger partial charge on any atom is 0.0897 e. The Bertz CT molecular complexity index is 383. The van der Waals surface area contributed by atoms with Crippen molar-refractivity contribution in [3.63, 3.8) is 0 Å². The third-order valence-electron chi connectivity index (χ3n) is 3.45. The van der Waals surface area contributed by atoms with E-state index < -0.39 is 0 Å². The van der Waals surface area contributed by atoms with Crippen LogP contribution in [0.25, 0.3) is 0 Å². The molecular formula is C14H24N2OS. The molecule has 2 heterocycles. The lowest BCUT2D eigenvalue weighted by Crippen LogP contribution is -2.36. The van der Waals surface area contributed by atoms with E-state index >= 15 is 0 Å². The van der Waals surface area contributed by atoms with Crippen LogP contribution in [-0.2, 0) is 11.3 Å². The van der Waals surface area contributed by atoms with Gasteiger partial charge in [-0.15, -0.1) is 11.3 Å². The summed E-state index contributed by atoms with van der Waals surface area (Å²) in [5.41, 5.74) is 1.39. The lowest BCUT2D eigenvalue weighted by Gasteiger charge is -2.31. The van der Waals surface area contributed by atoms with Gasteiger partial charge in [0.05, 0.1) is 16.8 Å². The minimum Gasteiger partial charge on any atom is -0.377 e. The molecule has 0 saturated carbocycles. The second-order valence-corrected chi connectivity index (χ2v) is 7.26. The van der Waals surface area contributed by atoms with Crippen molar-refractivity contribution < 1.29 is 4.74 Å². The summed E-state index contributed by atoms with van der Waals surface area (Å²) in [7, 11) is 0. The first kappa shape index (κ1) is 14.0. The van der Waals surface area contributed by atoms with Crippen molar-refractivity contribution in [1.29, 1.82) is 0 Å². The molecule has 1 aromatic heterocycles. The molecule has 0 amide bonds. The molecule has 1 aliphatic rings. The molecule has 0 spiro atoms. The quantitative estimate of drug-likeness (QED) is 0.911. The Balaban J connectivity index is 1.79. The molecule has 1 fully saturated rings. The molecule has 102 valence electrons. The Labute approximate surface area is 114 Å². The highest BCUT2D eigenvalue weighted by Gasteiger charge is 2.36. The SMILES string of the molecule is Cc1nc(CNC[C@H]2CCO[C@@H]2C(C)(C)C)cs1. The molecule has 0 radical (unpaired) electrons. The van der Waals surface area contributed by atoms with Gasteiger partial charge in [-0.2, -0.15) is 0 Å². The second kappa shape index (κ2) is 5.68. The molecule has 2 rings (SSSR count). The summed E-state index contributed by atoms with van der Waals surface area (Å²) in [6.45, 7) is 11.6. The van der Waals surface area contributed by atoms with Gasteiger partial charge in [0.15, 0.2) is 0 Å². The normalized spacial score (nSPS) is 24.7. The van der Waals surface area contributed by atoms with Gasteiger partial charge in [0.25, 0.3) is 0 Å². The fraction of sp³-hybridized carbons (Fsp3) is 0.786. The van der Waals surface area contributed by atoms with Crippen LogP contribution in [0, 0.1) is 18.3 Å². The van der Waals surface area contributed by atoms with Crippen molar-refractivity contribution in [2.45, 2.75) is 46.8 Å². The van der Waals surface area contributed by atoms with Crippen LogP contribution in [0.5, 0.6) is 0 Å². The highest BCUT2D eigenvalue weighted by Crippen LogP contribution is 2.34. The van der Waals surface area contributed by atoms with E-state index in [0.29, 0.717) is 12.0 Å². The molecule has 18 heavy (non-hydrogen) atoms. The van der Waals surface area contributed by atoms with Crippen LogP contribution >= 0.6 is 11.3 Å². The average molecular weight is 268 g/mol. The highest BCUT2D eigenvalue weighted by atomic mass is 32.1. The number of nitrogens with one attached hydrogen (secondary N) is 1. The summed E-state index contributed by atoms with van der Waals surface area (Å²) in [5.74, 6) is 0.629. The molecule has 1 N–H and O–H groups in total. The molecule has 0 unspecified atom stereocenters. The standard InChI is InChI=1S/C14H24N2OS/c1-10-16-12(9-18-10)8-15-7-11-5-6-17-13(11)14(2,3)4/h9,11,13,15H,5-8H2,1-4H3/t11-,13+/m1/s1. The zero-order valence-electron chi connectivity index (χ0n) is 11.8. The first-order valence-corrected chi connectivity index (χ1v) is 7.58. The van der Waals surface area contributed by atoms with Crippen molar-refractivity contribution in [1.82, 2.24) is 10.3 Å². The van der Waals surface area contributed by atoms with Gasteiger partial charge >= 0.3 is 0 Å². The summed E-state index contributed by atoms with van der Waals surface area (Å²) in [6, 6.07) is 0. The lowest BCUT2D eigenvalue weighted by atomic mass is 9.81. The van der Waals surface area contributed by atoms with Gasteiger partial charge in [-0.1, -0.05) is 20.8 Å². The van der Waals surface area contributed by atoms with Crippen molar-refractivity contribution in [3.05, 3.63) is 16.1 Å². The number of hydrogen-bond donors (Lipinski definition) is 1. The van der Waals surface area contributed by atoms with E-state index in [-0.39, 0.29) is 5.41 Å². The molecule has 0 aromatic carbocycles. The number of aromatic nitrogens is 1. The lowest BCUT2D eigenvalue weighted by molar-refractivity contribution is 0.00720. The van der Waals surface area contributed by atoms with Gasteiger partial charge in [-0.05, 0) is 18.8 Å². The second-order valence-electron chi connectivity index (χ2n) is 6.19. The zero-order chi connectivity index (χ0) is 13.2. The van der Waals surface area contributed by atoms with E-state index in [9.17, 15) is 0 Å². The monoisotopic (exact) mass is 268 g/mol. The number of hydrogen-bond acceptors (Lipinski definition) is 4. The fourth-order valence-corrected chi connectivity index (χ4v) is 3.29. The van der Waals surface area contributed by atoms with E-state index in [4.69, 9.17) is 4.74 Å². The molecule has 1 saturated heterocycles. The number of thiazole rings is 1. The van der Waals surface area contributed by atoms with Crippen molar-refractivity contribution in [2.24, 2.45) is 11.3 Å². The van der Waals surface area contributed by atoms with E-state index in [2.05, 4.69) is 43.4 Å². The van der Waals surface area contributed by atoms with Gasteiger partial charge in [0.2, 0.25) is 0 Å². The summed E-state index contributed by atoms with van der Waals surface area (Å²) in [5, 5.41) is 6.80. The molecule has 0 bridgehead atoms. The van der Waals surface area contributed by atoms with Crippen molar-refractivity contribution >= 4 is 11.3 Å². The van der Waals surface area contributed by atoms with Crippen LogP contribution in [0.2, 0.25) is 0 Å². The first-order valence-electron chi connectivity index (χ1n) is 6.70. The Kier molecular flexibility index (Phi) is 4.41. The van der Waals surface area contributed by atoms with Crippen molar-refractivity contribution in [3.8, 4) is 0 Å². The zero-order valence-corrected chi connectivity index (χ0v) is 12.6. The highest BCUT2D eigenvalue weighted by molar-refractivity contribution is 7.09. The average Bonchev–Trinajstić information content (AvgIpc) is 2.86. The molecular weight excluding hydrogens is 244 g/mol. The third kappa shape index (κ3) is 3.53. The minimum atomic E-state index is 0.236. The first-order chi connectivity index (χ1) is 8.47. The maximum absolute atomic E-state index is 5.88. The van der Waals surface area contributed by atoms with Gasteiger partial charge in [-0.25, -0.2) is 4.98 Å². The molecule has 0 aliphatic carbocycles. The number of rotatable bonds is 4. The molecule has 1 aromatic rings. The molecule has 3 nitrogen and oxygen atoms in total. The number of nitrogens with zero attached hydrogens (tertiary/aromatic N) is 1. The van der Waals surface area contributed by atoms with Crippen LogP contribution in [-0.4, -0.2) is 24.2 Å². The topological polar surface area (TPSA) is 34.2 Å². The van der Waals surface area contributed by atoms with Crippen LogP contribution in [0.3, 0.4) is 0 Å². The Hall–Kier alpha value is -0.450. The van der Waals surface area contributed by atoms with Gasteiger partial charge in [0.1, 0.15) is 0 Å². The fourth-order valence-electron chi connectivity index (χ4n) is 2.68. The maximum atomic E-state index is 5.88. The predicted octanol–water partition coefficient (Wildman–Crippen LogP) is 2.99. The van der Waals surface area contributed by atoms with E-state index in [0.717, 1.165) is 30.4 Å². The summed E-state index contributed by atoms with van der Waals surface area (Å²) in [6.07, 6.45) is 1.55. The Morgan fingerprint density at radius 2 is 2.28 bits per heavy atom. The Morgan fingerprint density at radius 3 is 2.89 bits per heavy atom. The predicted molar refractivity (Wildman–Crippen MR) is 75.9 cm³/mol. The molecule has 1 aliphatic heterocycles. The Morgan fingerprint density at radius 1 is 1.50 bits per heavy atom. The van der Waals surface area contributed by atoms with E-state index in [1.807, 2.05) is 0 Å². The summed E-state index contributed by atoms with van der Waals surface area (Å²) < 4.78 is 5.88. The van der Waals surface area contributed by atoms with Gasteiger partial charge in [-0.3, -0.25) is 0 Å². The summed E-state index contributed by atoms with van der Waals surface area (Å²) in [4.78, 5) is 4.47. The largest absolute Gasteiger partial charge is 0.377 e. The van der Waals surface area contributed by atoms with E-state index in [1.54, 1.807) is 11.3 Å². The van der Waals surface area contributed by atoms with Gasteiger partial charge < -0.3 is 10.1 Å². The van der Waals surface area contributed by atoms with E-state index in [1.165, 1.54) is 6.42 Å². The molecule has 2 atom stereocenters.